The lowest BCUT2D eigenvalue weighted by atomic mass is 9.99. The molecule has 0 saturated heterocycles. The Hall–Kier alpha value is -3.66. The molecule has 4 nitrogen and oxygen atoms in total. The summed E-state index contributed by atoms with van der Waals surface area (Å²) in [7, 11) is 0. The van der Waals surface area contributed by atoms with Crippen LogP contribution in [0.15, 0.2) is 85.1 Å². The van der Waals surface area contributed by atoms with Gasteiger partial charge in [-0.05, 0) is 25.1 Å². The van der Waals surface area contributed by atoms with Gasteiger partial charge in [-0.3, -0.25) is 4.79 Å². The third-order valence-electron chi connectivity index (χ3n) is 4.67. The number of ether oxygens (including phenoxy) is 1. The molecule has 0 fully saturated rings. The molecule has 28 heavy (non-hydrogen) atoms. The van der Waals surface area contributed by atoms with Gasteiger partial charge in [-0.2, -0.15) is 0 Å². The molecule has 1 unspecified atom stereocenters. The number of hydrogen-bond donors (Lipinski definition) is 1. The summed E-state index contributed by atoms with van der Waals surface area (Å²) < 4.78 is 5.71. The van der Waals surface area contributed by atoms with E-state index in [0.717, 1.165) is 16.5 Å². The number of aryl methyl sites for hydroxylation is 1. The minimum atomic E-state index is -1.02. The van der Waals surface area contributed by atoms with Crippen LogP contribution < -0.4 is 0 Å². The third-order valence-corrected chi connectivity index (χ3v) is 4.67. The Labute approximate surface area is 162 Å². The first-order valence-electron chi connectivity index (χ1n) is 9.06. The molecule has 3 aromatic carbocycles. The molecule has 0 amide bonds. The summed E-state index contributed by atoms with van der Waals surface area (Å²) in [5, 5.41) is 0.806. The zero-order valence-electron chi connectivity index (χ0n) is 15.4. The number of nitrogens with one attached hydrogen (secondary N) is 1. The number of carbonyl (C=O) groups is 2. The molecule has 4 heteroatoms. The van der Waals surface area contributed by atoms with Crippen LogP contribution in [-0.4, -0.2) is 16.7 Å². The average molecular weight is 369 g/mol. The van der Waals surface area contributed by atoms with Crippen molar-refractivity contribution in [1.29, 1.82) is 0 Å². The number of ketones is 1. The largest absolute Gasteiger partial charge is 0.445 e. The summed E-state index contributed by atoms with van der Waals surface area (Å²) in [6, 6.07) is 23.8. The molecule has 0 spiro atoms. The standard InChI is InChI=1S/C24H19NO3/c1-16-8-7-11-18(14-16)24(27)28-23(17-9-3-2-4-10-17)22(26)20-15-25-21-13-6-5-12-19(20)21/h2-15,23,25H,1H3. The second kappa shape index (κ2) is 7.53. The van der Waals surface area contributed by atoms with Gasteiger partial charge in [-0.1, -0.05) is 66.2 Å². The number of hydrogen-bond acceptors (Lipinski definition) is 3. The molecule has 0 saturated carbocycles. The van der Waals surface area contributed by atoms with E-state index in [1.54, 1.807) is 36.5 Å². The first-order valence-corrected chi connectivity index (χ1v) is 9.06. The van der Waals surface area contributed by atoms with Crippen molar-refractivity contribution in [2.24, 2.45) is 0 Å². The highest BCUT2D eigenvalue weighted by Crippen LogP contribution is 2.28. The van der Waals surface area contributed by atoms with Crippen molar-refractivity contribution in [3.05, 3.63) is 107 Å². The van der Waals surface area contributed by atoms with Crippen LogP contribution in [0.25, 0.3) is 10.9 Å². The number of rotatable bonds is 5. The van der Waals surface area contributed by atoms with Gasteiger partial charge in [-0.25, -0.2) is 4.79 Å². The number of benzene rings is 3. The van der Waals surface area contributed by atoms with Crippen LogP contribution in [-0.2, 0) is 4.74 Å². The second-order valence-corrected chi connectivity index (χ2v) is 6.68. The average Bonchev–Trinajstić information content (AvgIpc) is 3.16. The van der Waals surface area contributed by atoms with Gasteiger partial charge in [0.25, 0.3) is 0 Å². The normalized spacial score (nSPS) is 11.9. The minimum absolute atomic E-state index is 0.260. The number of H-pyrrole nitrogens is 1. The van der Waals surface area contributed by atoms with E-state index in [1.165, 1.54) is 0 Å². The maximum atomic E-state index is 13.4. The number of Topliss-reactive ketones (excluding diaryl/α,β-unsaturated/α-hetero) is 1. The van der Waals surface area contributed by atoms with Crippen molar-refractivity contribution in [2.45, 2.75) is 13.0 Å². The van der Waals surface area contributed by atoms with Gasteiger partial charge < -0.3 is 9.72 Å². The fraction of sp³-hybridized carbons (Fsp3) is 0.0833. The Morgan fingerprint density at radius 3 is 2.43 bits per heavy atom. The van der Waals surface area contributed by atoms with E-state index < -0.39 is 12.1 Å². The lowest BCUT2D eigenvalue weighted by molar-refractivity contribution is 0.0280. The maximum absolute atomic E-state index is 13.4. The highest BCUT2D eigenvalue weighted by Gasteiger charge is 2.28. The Bertz CT molecular complexity index is 1140. The Morgan fingerprint density at radius 1 is 0.893 bits per heavy atom. The molecule has 4 aromatic rings. The van der Waals surface area contributed by atoms with Crippen LogP contribution in [0, 0.1) is 6.92 Å². The van der Waals surface area contributed by atoms with Crippen molar-refractivity contribution in [3.8, 4) is 0 Å². The molecule has 0 radical (unpaired) electrons. The molecular formula is C24H19NO3. The van der Waals surface area contributed by atoms with Crippen molar-refractivity contribution in [3.63, 3.8) is 0 Å². The van der Waals surface area contributed by atoms with Crippen molar-refractivity contribution in [1.82, 2.24) is 4.98 Å². The van der Waals surface area contributed by atoms with E-state index in [1.807, 2.05) is 55.5 Å². The monoisotopic (exact) mass is 369 g/mol. The summed E-state index contributed by atoms with van der Waals surface area (Å²) in [5.74, 6) is -0.782. The van der Waals surface area contributed by atoms with Gasteiger partial charge in [0.05, 0.1) is 5.56 Å². The Balaban J connectivity index is 1.72. The molecule has 1 N–H and O–H groups in total. The number of carbonyl (C=O) groups excluding carboxylic acids is 2. The smallest absolute Gasteiger partial charge is 0.339 e. The Kier molecular flexibility index (Phi) is 4.77. The van der Waals surface area contributed by atoms with Gasteiger partial charge in [0.1, 0.15) is 0 Å². The van der Waals surface area contributed by atoms with Gasteiger partial charge in [0, 0.05) is 28.2 Å². The summed E-state index contributed by atoms with van der Waals surface area (Å²) in [6.07, 6.45) is 0.650. The van der Waals surface area contributed by atoms with Crippen LogP contribution >= 0.6 is 0 Å². The predicted molar refractivity (Wildman–Crippen MR) is 108 cm³/mol. The lowest BCUT2D eigenvalue weighted by Crippen LogP contribution is -2.20. The van der Waals surface area contributed by atoms with Gasteiger partial charge in [0.2, 0.25) is 5.78 Å². The number of fused-ring (bicyclic) bond motifs is 1. The summed E-state index contributed by atoms with van der Waals surface area (Å²) >= 11 is 0. The SMILES string of the molecule is Cc1cccc(C(=O)OC(C(=O)c2c[nH]c3ccccc23)c2ccccc2)c1. The van der Waals surface area contributed by atoms with Crippen LogP contribution in [0.2, 0.25) is 0 Å². The molecule has 0 aliphatic heterocycles. The van der Waals surface area contributed by atoms with Gasteiger partial charge in [0.15, 0.2) is 6.10 Å². The molecule has 0 bridgehead atoms. The van der Waals surface area contributed by atoms with Crippen LogP contribution in [0.3, 0.4) is 0 Å². The van der Waals surface area contributed by atoms with E-state index >= 15 is 0 Å². The second-order valence-electron chi connectivity index (χ2n) is 6.68. The molecule has 0 aliphatic rings. The van der Waals surface area contributed by atoms with Crippen LogP contribution in [0.4, 0.5) is 0 Å². The van der Waals surface area contributed by atoms with E-state index in [9.17, 15) is 9.59 Å². The quantitative estimate of drug-likeness (QED) is 0.386. The number of aromatic amines is 1. The van der Waals surface area contributed by atoms with Crippen molar-refractivity contribution < 1.29 is 14.3 Å². The lowest BCUT2D eigenvalue weighted by Gasteiger charge is -2.17. The fourth-order valence-electron chi connectivity index (χ4n) is 3.26. The molecule has 138 valence electrons. The summed E-state index contributed by atoms with van der Waals surface area (Å²) in [5.41, 5.74) is 3.38. The topological polar surface area (TPSA) is 59.2 Å². The molecular weight excluding hydrogens is 350 g/mol. The van der Waals surface area contributed by atoms with Crippen molar-refractivity contribution in [2.75, 3.05) is 0 Å². The number of para-hydroxylation sites is 1. The van der Waals surface area contributed by atoms with Gasteiger partial charge in [-0.15, -0.1) is 0 Å². The van der Waals surface area contributed by atoms with E-state index in [4.69, 9.17) is 4.74 Å². The van der Waals surface area contributed by atoms with E-state index in [2.05, 4.69) is 4.98 Å². The number of esters is 1. The maximum Gasteiger partial charge on any atom is 0.339 e. The zero-order valence-corrected chi connectivity index (χ0v) is 15.4. The molecule has 1 heterocycles. The Morgan fingerprint density at radius 2 is 1.64 bits per heavy atom. The van der Waals surface area contributed by atoms with Crippen LogP contribution in [0.5, 0.6) is 0 Å². The molecule has 4 rings (SSSR count). The van der Waals surface area contributed by atoms with Gasteiger partial charge >= 0.3 is 5.97 Å². The van der Waals surface area contributed by atoms with E-state index in [-0.39, 0.29) is 5.78 Å². The number of aromatic nitrogens is 1. The molecule has 1 aromatic heterocycles. The fourth-order valence-corrected chi connectivity index (χ4v) is 3.26. The third kappa shape index (κ3) is 3.45. The highest BCUT2D eigenvalue weighted by molar-refractivity contribution is 6.11. The summed E-state index contributed by atoms with van der Waals surface area (Å²) in [4.78, 5) is 29.2. The van der Waals surface area contributed by atoms with E-state index in [0.29, 0.717) is 16.7 Å². The molecule has 1 atom stereocenters. The summed E-state index contributed by atoms with van der Waals surface area (Å²) in [6.45, 7) is 1.91. The first-order chi connectivity index (χ1) is 13.6. The molecule has 0 aliphatic carbocycles. The zero-order chi connectivity index (χ0) is 19.5. The highest BCUT2D eigenvalue weighted by atomic mass is 16.5. The van der Waals surface area contributed by atoms with Crippen molar-refractivity contribution >= 4 is 22.7 Å². The van der Waals surface area contributed by atoms with Crippen LogP contribution in [0.1, 0.15) is 37.9 Å². The minimum Gasteiger partial charge on any atom is -0.445 e. The first kappa shape index (κ1) is 17.7. The predicted octanol–water partition coefficient (Wildman–Crippen LogP) is 5.26.